The van der Waals surface area contributed by atoms with E-state index in [0.717, 1.165) is 22.2 Å². The Hall–Kier alpha value is -1.32. The first-order valence-electron chi connectivity index (χ1n) is 6.24. The van der Waals surface area contributed by atoms with Crippen LogP contribution in [0.2, 0.25) is 0 Å². The predicted molar refractivity (Wildman–Crippen MR) is 82.5 cm³/mol. The number of rotatable bonds is 4. The van der Waals surface area contributed by atoms with Crippen molar-refractivity contribution in [3.05, 3.63) is 63.6 Å². The van der Waals surface area contributed by atoms with Gasteiger partial charge in [-0.05, 0) is 54.3 Å². The van der Waals surface area contributed by atoms with Crippen molar-refractivity contribution in [1.82, 2.24) is 0 Å². The summed E-state index contributed by atoms with van der Waals surface area (Å²) in [6.07, 6.45) is 0.819. The molecule has 2 nitrogen and oxygen atoms in total. The fourth-order valence-corrected chi connectivity index (χ4v) is 2.74. The number of nitrogens with two attached hydrogens (primary N) is 1. The maximum atomic E-state index is 6.28. The lowest BCUT2D eigenvalue weighted by Crippen LogP contribution is -2.13. The Bertz CT molecular complexity index is 531. The number of hydrogen-bond donors (Lipinski definition) is 1. The smallest absolute Gasteiger partial charge is 0.118 e. The third-order valence-electron chi connectivity index (χ3n) is 3.11. The minimum Gasteiger partial charge on any atom is -0.497 e. The van der Waals surface area contributed by atoms with E-state index in [4.69, 9.17) is 10.5 Å². The molecule has 2 rings (SSSR count). The molecule has 0 bridgehead atoms. The van der Waals surface area contributed by atoms with E-state index < -0.39 is 0 Å². The lowest BCUT2D eigenvalue weighted by atomic mass is 9.98. The highest BCUT2D eigenvalue weighted by molar-refractivity contribution is 9.10. The predicted octanol–water partition coefficient (Wildman–Crippen LogP) is 4.01. The van der Waals surface area contributed by atoms with Gasteiger partial charge in [0.1, 0.15) is 5.75 Å². The topological polar surface area (TPSA) is 35.2 Å². The minimum absolute atomic E-state index is 0.00425. The van der Waals surface area contributed by atoms with Gasteiger partial charge >= 0.3 is 0 Å². The van der Waals surface area contributed by atoms with Gasteiger partial charge in [-0.3, -0.25) is 0 Å². The first kappa shape index (κ1) is 14.1. The van der Waals surface area contributed by atoms with Gasteiger partial charge < -0.3 is 10.5 Å². The van der Waals surface area contributed by atoms with Crippen molar-refractivity contribution in [2.75, 3.05) is 7.11 Å². The van der Waals surface area contributed by atoms with Gasteiger partial charge in [0, 0.05) is 10.5 Å². The van der Waals surface area contributed by atoms with Crippen LogP contribution in [0.1, 0.15) is 22.7 Å². The molecule has 0 aromatic heterocycles. The first-order chi connectivity index (χ1) is 9.08. The van der Waals surface area contributed by atoms with Gasteiger partial charge in [0.25, 0.3) is 0 Å². The van der Waals surface area contributed by atoms with Crippen molar-refractivity contribution < 1.29 is 4.74 Å². The van der Waals surface area contributed by atoms with E-state index in [9.17, 15) is 0 Å². The number of aryl methyl sites for hydroxylation is 1. The van der Waals surface area contributed by atoms with E-state index in [1.165, 1.54) is 11.1 Å². The standard InChI is InChI=1S/C16H18BrNO/c1-11-7-13(10-14(17)8-11)16(18)9-12-3-5-15(19-2)6-4-12/h3-8,10,16H,9,18H2,1-2H3. The second kappa shape index (κ2) is 6.22. The van der Waals surface area contributed by atoms with Crippen molar-refractivity contribution in [3.63, 3.8) is 0 Å². The Morgan fingerprint density at radius 1 is 1.16 bits per heavy atom. The highest BCUT2D eigenvalue weighted by Gasteiger charge is 2.08. The molecule has 3 heteroatoms. The van der Waals surface area contributed by atoms with Crippen LogP contribution >= 0.6 is 15.9 Å². The molecule has 0 spiro atoms. The van der Waals surface area contributed by atoms with Gasteiger partial charge in [0.05, 0.1) is 7.11 Å². The molecule has 2 aromatic carbocycles. The van der Waals surface area contributed by atoms with Gasteiger partial charge in [0.2, 0.25) is 0 Å². The zero-order chi connectivity index (χ0) is 13.8. The maximum absolute atomic E-state index is 6.28. The zero-order valence-corrected chi connectivity index (χ0v) is 12.8. The summed E-state index contributed by atoms with van der Waals surface area (Å²) in [6.45, 7) is 2.08. The summed E-state index contributed by atoms with van der Waals surface area (Å²) in [5.74, 6) is 0.871. The summed E-state index contributed by atoms with van der Waals surface area (Å²) in [6, 6.07) is 14.4. The van der Waals surface area contributed by atoms with E-state index in [0.29, 0.717) is 0 Å². The summed E-state index contributed by atoms with van der Waals surface area (Å²) in [5, 5.41) is 0. The van der Waals surface area contributed by atoms with Crippen LogP contribution in [0.5, 0.6) is 5.75 Å². The lowest BCUT2D eigenvalue weighted by Gasteiger charge is -2.14. The molecule has 0 amide bonds. The molecule has 0 aliphatic carbocycles. The molecule has 2 N–H and O–H groups in total. The molecule has 0 saturated carbocycles. The van der Waals surface area contributed by atoms with E-state index in [-0.39, 0.29) is 6.04 Å². The van der Waals surface area contributed by atoms with Crippen LogP contribution in [0, 0.1) is 6.92 Å². The fraction of sp³-hybridized carbons (Fsp3) is 0.250. The van der Waals surface area contributed by atoms with Crippen LogP contribution in [0.15, 0.2) is 46.9 Å². The largest absolute Gasteiger partial charge is 0.497 e. The van der Waals surface area contributed by atoms with E-state index in [1.807, 2.05) is 12.1 Å². The summed E-state index contributed by atoms with van der Waals surface area (Å²) in [7, 11) is 1.67. The second-order valence-electron chi connectivity index (χ2n) is 4.72. The first-order valence-corrected chi connectivity index (χ1v) is 7.03. The monoisotopic (exact) mass is 319 g/mol. The molecular weight excluding hydrogens is 302 g/mol. The van der Waals surface area contributed by atoms with E-state index in [1.54, 1.807) is 7.11 Å². The minimum atomic E-state index is 0.00425. The molecule has 0 heterocycles. The van der Waals surface area contributed by atoms with E-state index >= 15 is 0 Å². The number of halogens is 1. The Morgan fingerprint density at radius 2 is 1.84 bits per heavy atom. The molecule has 0 radical (unpaired) electrons. The maximum Gasteiger partial charge on any atom is 0.118 e. The van der Waals surface area contributed by atoms with Gasteiger partial charge in [0.15, 0.2) is 0 Å². The SMILES string of the molecule is COc1ccc(CC(N)c2cc(C)cc(Br)c2)cc1. The number of ether oxygens (including phenoxy) is 1. The number of methoxy groups -OCH3 is 1. The van der Waals surface area contributed by atoms with Crippen LogP contribution in [0.25, 0.3) is 0 Å². The molecule has 2 aromatic rings. The average Bonchev–Trinajstić information content (AvgIpc) is 2.38. The van der Waals surface area contributed by atoms with Gasteiger partial charge in [-0.2, -0.15) is 0 Å². The third-order valence-corrected chi connectivity index (χ3v) is 3.57. The van der Waals surface area contributed by atoms with Crippen molar-refractivity contribution in [2.45, 2.75) is 19.4 Å². The molecule has 1 atom stereocenters. The van der Waals surface area contributed by atoms with Gasteiger partial charge in [-0.25, -0.2) is 0 Å². The highest BCUT2D eigenvalue weighted by atomic mass is 79.9. The normalized spacial score (nSPS) is 12.2. The lowest BCUT2D eigenvalue weighted by molar-refractivity contribution is 0.414. The van der Waals surface area contributed by atoms with Gasteiger partial charge in [-0.1, -0.05) is 34.1 Å². The summed E-state index contributed by atoms with van der Waals surface area (Å²) in [5.41, 5.74) is 9.87. The second-order valence-corrected chi connectivity index (χ2v) is 5.64. The Morgan fingerprint density at radius 3 is 2.42 bits per heavy atom. The van der Waals surface area contributed by atoms with Crippen LogP contribution in [-0.4, -0.2) is 7.11 Å². The zero-order valence-electron chi connectivity index (χ0n) is 11.2. The number of benzene rings is 2. The average molecular weight is 320 g/mol. The molecule has 0 fully saturated rings. The number of hydrogen-bond acceptors (Lipinski definition) is 2. The van der Waals surface area contributed by atoms with Crippen molar-refractivity contribution in [2.24, 2.45) is 5.73 Å². The summed E-state index contributed by atoms with van der Waals surface area (Å²) < 4.78 is 6.23. The Labute approximate surface area is 122 Å². The van der Waals surface area contributed by atoms with Crippen LogP contribution in [0.3, 0.4) is 0 Å². The molecule has 100 valence electrons. The molecule has 0 aliphatic heterocycles. The Balaban J connectivity index is 2.13. The van der Waals surface area contributed by atoms with Gasteiger partial charge in [-0.15, -0.1) is 0 Å². The molecule has 0 saturated heterocycles. The van der Waals surface area contributed by atoms with E-state index in [2.05, 4.69) is 53.2 Å². The molecule has 19 heavy (non-hydrogen) atoms. The molecule has 0 aliphatic rings. The van der Waals surface area contributed by atoms with Crippen LogP contribution in [-0.2, 0) is 6.42 Å². The highest BCUT2D eigenvalue weighted by Crippen LogP contribution is 2.23. The molecular formula is C16H18BrNO. The fourth-order valence-electron chi connectivity index (χ4n) is 2.11. The van der Waals surface area contributed by atoms with Crippen molar-refractivity contribution in [3.8, 4) is 5.75 Å². The summed E-state index contributed by atoms with van der Waals surface area (Å²) in [4.78, 5) is 0. The quantitative estimate of drug-likeness (QED) is 0.924. The Kier molecular flexibility index (Phi) is 4.61. The molecule has 1 unspecified atom stereocenters. The van der Waals surface area contributed by atoms with Crippen molar-refractivity contribution >= 4 is 15.9 Å². The van der Waals surface area contributed by atoms with Crippen LogP contribution in [0.4, 0.5) is 0 Å². The van der Waals surface area contributed by atoms with Crippen LogP contribution < -0.4 is 10.5 Å². The summed E-state index contributed by atoms with van der Waals surface area (Å²) >= 11 is 3.51. The van der Waals surface area contributed by atoms with Crippen molar-refractivity contribution in [1.29, 1.82) is 0 Å². The third kappa shape index (κ3) is 3.82.